The summed E-state index contributed by atoms with van der Waals surface area (Å²) in [6.45, 7) is 3.29. The molecule has 0 saturated carbocycles. The maximum Gasteiger partial charge on any atom is 0.269 e. The molecular formula is C28H32N4O7S. The first-order chi connectivity index (χ1) is 19.1. The molecule has 3 rings (SSSR count). The van der Waals surface area contributed by atoms with E-state index in [1.165, 1.54) is 48.4 Å². The number of nitrogens with zero attached hydrogens (tertiary/aromatic N) is 3. The number of benzene rings is 3. The van der Waals surface area contributed by atoms with E-state index in [2.05, 4.69) is 5.32 Å². The Hall–Kier alpha value is -4.45. The Balaban J connectivity index is 2.01. The summed E-state index contributed by atoms with van der Waals surface area (Å²) >= 11 is 0. The third-order valence-electron chi connectivity index (χ3n) is 6.19. The van der Waals surface area contributed by atoms with E-state index in [1.807, 2.05) is 6.92 Å². The van der Waals surface area contributed by atoms with E-state index in [0.717, 1.165) is 4.31 Å². The standard InChI is InChI=1S/C28H32N4O7S/c1-4-18-29-28(34)21(2)30(19-22-10-16-25(39-3)17-11-22)27(33)20-31(23-12-14-24(15-13-23)32(35)36)40(37,38)26-8-6-5-7-9-26/h5-17,21H,4,18-20H2,1-3H3,(H,29,34). The van der Waals surface area contributed by atoms with Crippen LogP contribution < -0.4 is 14.4 Å². The second kappa shape index (κ2) is 13.6. The van der Waals surface area contributed by atoms with E-state index < -0.39 is 33.4 Å². The highest BCUT2D eigenvalue weighted by atomic mass is 32.2. The highest BCUT2D eigenvalue weighted by molar-refractivity contribution is 7.92. The minimum Gasteiger partial charge on any atom is -0.497 e. The second-order valence-electron chi connectivity index (χ2n) is 8.93. The Kier molecular flexibility index (Phi) is 10.2. The van der Waals surface area contributed by atoms with Crippen LogP contribution in [0.3, 0.4) is 0 Å². The largest absolute Gasteiger partial charge is 0.497 e. The molecule has 12 heteroatoms. The number of anilines is 1. The summed E-state index contributed by atoms with van der Waals surface area (Å²) in [5, 5.41) is 13.9. The number of hydrogen-bond acceptors (Lipinski definition) is 7. The van der Waals surface area contributed by atoms with Crippen LogP contribution in [0.5, 0.6) is 5.75 Å². The van der Waals surface area contributed by atoms with Crippen LogP contribution in [-0.4, -0.2) is 56.3 Å². The molecule has 1 N–H and O–H groups in total. The van der Waals surface area contributed by atoms with Gasteiger partial charge in [-0.25, -0.2) is 8.42 Å². The Morgan fingerprint density at radius 2 is 1.62 bits per heavy atom. The molecular weight excluding hydrogens is 536 g/mol. The summed E-state index contributed by atoms with van der Waals surface area (Å²) in [4.78, 5) is 38.5. The molecule has 0 fully saturated rings. The number of sulfonamides is 1. The maximum absolute atomic E-state index is 13.8. The lowest BCUT2D eigenvalue weighted by molar-refractivity contribution is -0.384. The summed E-state index contributed by atoms with van der Waals surface area (Å²) in [5.41, 5.74) is 0.543. The van der Waals surface area contributed by atoms with Gasteiger partial charge in [0.25, 0.3) is 15.7 Å². The van der Waals surface area contributed by atoms with E-state index >= 15 is 0 Å². The Morgan fingerprint density at radius 1 is 1.00 bits per heavy atom. The van der Waals surface area contributed by atoms with E-state index in [1.54, 1.807) is 49.4 Å². The molecule has 0 aliphatic heterocycles. The first-order valence-corrected chi connectivity index (χ1v) is 14.0. The second-order valence-corrected chi connectivity index (χ2v) is 10.8. The molecule has 212 valence electrons. The molecule has 0 radical (unpaired) electrons. The molecule has 0 aliphatic carbocycles. The van der Waals surface area contributed by atoms with Gasteiger partial charge in [0.1, 0.15) is 18.3 Å². The van der Waals surface area contributed by atoms with Gasteiger partial charge in [0.05, 0.1) is 22.6 Å². The molecule has 3 aromatic carbocycles. The van der Waals surface area contributed by atoms with Gasteiger partial charge in [0.2, 0.25) is 11.8 Å². The van der Waals surface area contributed by atoms with Gasteiger partial charge < -0.3 is 15.0 Å². The van der Waals surface area contributed by atoms with Crippen molar-refractivity contribution in [3.8, 4) is 5.75 Å². The van der Waals surface area contributed by atoms with Gasteiger partial charge >= 0.3 is 0 Å². The number of nitro groups is 1. The Morgan fingerprint density at radius 3 is 2.17 bits per heavy atom. The van der Waals surface area contributed by atoms with E-state index in [0.29, 0.717) is 24.3 Å². The van der Waals surface area contributed by atoms with Crippen LogP contribution in [0.2, 0.25) is 0 Å². The number of non-ortho nitro benzene ring substituents is 1. The SMILES string of the molecule is CCCNC(=O)C(C)N(Cc1ccc(OC)cc1)C(=O)CN(c1ccc([N+](=O)[O-])cc1)S(=O)(=O)c1ccccc1. The Bertz CT molecular complexity index is 1410. The molecule has 40 heavy (non-hydrogen) atoms. The van der Waals surface area contributed by atoms with Gasteiger partial charge in [-0.05, 0) is 55.3 Å². The van der Waals surface area contributed by atoms with E-state index in [4.69, 9.17) is 4.74 Å². The minimum absolute atomic E-state index is 0.0308. The lowest BCUT2D eigenvalue weighted by Gasteiger charge is -2.32. The van der Waals surface area contributed by atoms with Crippen LogP contribution in [-0.2, 0) is 26.2 Å². The van der Waals surface area contributed by atoms with Gasteiger partial charge in [-0.2, -0.15) is 0 Å². The van der Waals surface area contributed by atoms with Crippen LogP contribution in [0, 0.1) is 10.1 Å². The van der Waals surface area contributed by atoms with Gasteiger partial charge in [0.15, 0.2) is 0 Å². The number of nitrogens with one attached hydrogen (secondary N) is 1. The summed E-state index contributed by atoms with van der Waals surface area (Å²) in [6, 6.07) is 18.5. The average molecular weight is 569 g/mol. The fraction of sp³-hybridized carbons (Fsp3) is 0.286. The molecule has 0 heterocycles. The van der Waals surface area contributed by atoms with Crippen molar-refractivity contribution in [2.75, 3.05) is 24.5 Å². The lowest BCUT2D eigenvalue weighted by Crippen LogP contribution is -2.51. The molecule has 3 aromatic rings. The van der Waals surface area contributed by atoms with Gasteiger partial charge in [-0.15, -0.1) is 0 Å². The molecule has 0 bridgehead atoms. The maximum atomic E-state index is 13.8. The summed E-state index contributed by atoms with van der Waals surface area (Å²) in [7, 11) is -2.73. The normalized spacial score (nSPS) is 11.8. The minimum atomic E-state index is -4.26. The molecule has 0 aliphatic rings. The van der Waals surface area contributed by atoms with Gasteiger partial charge in [-0.1, -0.05) is 37.3 Å². The number of amides is 2. The number of rotatable bonds is 13. The van der Waals surface area contributed by atoms with Crippen molar-refractivity contribution in [1.82, 2.24) is 10.2 Å². The molecule has 0 spiro atoms. The summed E-state index contributed by atoms with van der Waals surface area (Å²) < 4.78 is 33.5. The number of ether oxygens (including phenoxy) is 1. The van der Waals surface area contributed by atoms with Crippen molar-refractivity contribution in [3.63, 3.8) is 0 Å². The van der Waals surface area contributed by atoms with Crippen molar-refractivity contribution in [2.45, 2.75) is 37.8 Å². The summed E-state index contributed by atoms with van der Waals surface area (Å²) in [5.74, 6) is -0.391. The zero-order valence-electron chi connectivity index (χ0n) is 22.5. The van der Waals surface area contributed by atoms with Crippen LogP contribution in [0.15, 0.2) is 83.8 Å². The lowest BCUT2D eigenvalue weighted by atomic mass is 10.1. The van der Waals surface area contributed by atoms with Crippen molar-refractivity contribution in [3.05, 3.63) is 94.5 Å². The molecule has 0 aromatic heterocycles. The third kappa shape index (κ3) is 7.35. The molecule has 11 nitrogen and oxygen atoms in total. The number of carbonyl (C=O) groups excluding carboxylic acids is 2. The van der Waals surface area contributed by atoms with E-state index in [9.17, 15) is 28.1 Å². The number of hydrogen-bond donors (Lipinski definition) is 1. The molecule has 1 atom stereocenters. The van der Waals surface area contributed by atoms with Gasteiger partial charge in [-0.3, -0.25) is 24.0 Å². The zero-order valence-corrected chi connectivity index (χ0v) is 23.3. The molecule has 0 saturated heterocycles. The first-order valence-electron chi connectivity index (χ1n) is 12.6. The highest BCUT2D eigenvalue weighted by Gasteiger charge is 2.32. The Labute approximate surface area is 233 Å². The monoisotopic (exact) mass is 568 g/mol. The van der Waals surface area contributed by atoms with Crippen molar-refractivity contribution >= 4 is 33.2 Å². The van der Waals surface area contributed by atoms with Crippen LogP contribution in [0.1, 0.15) is 25.8 Å². The first kappa shape index (κ1) is 30.1. The molecule has 1 unspecified atom stereocenters. The predicted molar refractivity (Wildman–Crippen MR) is 150 cm³/mol. The van der Waals surface area contributed by atoms with Crippen molar-refractivity contribution < 1.29 is 27.7 Å². The average Bonchev–Trinajstić information content (AvgIpc) is 2.97. The van der Waals surface area contributed by atoms with Crippen molar-refractivity contribution in [2.24, 2.45) is 0 Å². The topological polar surface area (TPSA) is 139 Å². The van der Waals surface area contributed by atoms with Crippen LogP contribution in [0.25, 0.3) is 0 Å². The summed E-state index contributed by atoms with van der Waals surface area (Å²) in [6.07, 6.45) is 0.703. The van der Waals surface area contributed by atoms with Gasteiger partial charge in [0, 0.05) is 25.2 Å². The quantitative estimate of drug-likeness (QED) is 0.245. The van der Waals surface area contributed by atoms with E-state index in [-0.39, 0.29) is 28.7 Å². The molecule has 2 amide bonds. The number of nitro benzene ring substituents is 1. The third-order valence-corrected chi connectivity index (χ3v) is 7.98. The van der Waals surface area contributed by atoms with Crippen LogP contribution >= 0.6 is 0 Å². The van der Waals surface area contributed by atoms with Crippen LogP contribution in [0.4, 0.5) is 11.4 Å². The fourth-order valence-electron chi connectivity index (χ4n) is 3.90. The van der Waals surface area contributed by atoms with Crippen molar-refractivity contribution in [1.29, 1.82) is 0 Å². The highest BCUT2D eigenvalue weighted by Crippen LogP contribution is 2.26. The fourth-order valence-corrected chi connectivity index (χ4v) is 5.33. The predicted octanol–water partition coefficient (Wildman–Crippen LogP) is 3.74. The number of methoxy groups -OCH3 is 1. The number of carbonyl (C=O) groups is 2. The zero-order chi connectivity index (χ0) is 29.3. The smallest absolute Gasteiger partial charge is 0.269 e.